The summed E-state index contributed by atoms with van der Waals surface area (Å²) in [5.74, 6) is 1.74. The van der Waals surface area contributed by atoms with Gasteiger partial charge in [-0.3, -0.25) is 9.48 Å². The molecule has 0 spiro atoms. The van der Waals surface area contributed by atoms with Crippen LogP contribution in [-0.4, -0.2) is 28.8 Å². The number of nitrogens with one attached hydrogen (secondary N) is 2. The fourth-order valence-corrected chi connectivity index (χ4v) is 3.21. The molecule has 3 rings (SSSR count). The summed E-state index contributed by atoms with van der Waals surface area (Å²) in [5, 5.41) is 10.8. The summed E-state index contributed by atoms with van der Waals surface area (Å²) >= 11 is 0. The lowest BCUT2D eigenvalue weighted by Gasteiger charge is -2.14. The van der Waals surface area contributed by atoms with E-state index < -0.39 is 0 Å². The molecule has 0 radical (unpaired) electrons. The molecule has 1 aromatic heterocycles. The van der Waals surface area contributed by atoms with E-state index in [2.05, 4.69) is 15.7 Å². The smallest absolute Gasteiger partial charge is 0.225 e. The highest BCUT2D eigenvalue weighted by molar-refractivity contribution is 5.90. The topological polar surface area (TPSA) is 68.2 Å². The van der Waals surface area contributed by atoms with Crippen molar-refractivity contribution in [3.8, 4) is 5.75 Å². The number of benzene rings is 1. The Morgan fingerprint density at radius 3 is 2.88 bits per heavy atom. The van der Waals surface area contributed by atoms with Crippen LogP contribution in [0.4, 0.5) is 5.82 Å². The molecule has 0 fully saturated rings. The number of carbonyl (C=O) groups is 1. The maximum atomic E-state index is 12.3. The lowest BCUT2D eigenvalue weighted by molar-refractivity contribution is -0.116. The summed E-state index contributed by atoms with van der Waals surface area (Å²) in [7, 11) is 1.87. The van der Waals surface area contributed by atoms with Crippen LogP contribution in [-0.2, 0) is 24.8 Å². The van der Waals surface area contributed by atoms with E-state index in [0.29, 0.717) is 19.4 Å². The first kappa shape index (κ1) is 17.5. The minimum atomic E-state index is 0.00137. The van der Waals surface area contributed by atoms with Gasteiger partial charge in [-0.25, -0.2) is 0 Å². The zero-order valence-electron chi connectivity index (χ0n) is 15.2. The van der Waals surface area contributed by atoms with Crippen molar-refractivity contribution in [2.24, 2.45) is 7.05 Å². The molecule has 1 amide bonds. The Labute approximate surface area is 148 Å². The first-order chi connectivity index (χ1) is 12.1. The van der Waals surface area contributed by atoms with E-state index in [9.17, 15) is 4.79 Å². The number of para-hydroxylation sites is 1. The molecule has 134 valence electrons. The first-order valence-electron chi connectivity index (χ1n) is 8.80. The maximum Gasteiger partial charge on any atom is 0.225 e. The Morgan fingerprint density at radius 2 is 2.12 bits per heavy atom. The molecule has 2 N–H and O–H groups in total. The van der Waals surface area contributed by atoms with Crippen LogP contribution in [0.25, 0.3) is 0 Å². The second-order valence-corrected chi connectivity index (χ2v) is 6.55. The van der Waals surface area contributed by atoms with E-state index in [1.54, 1.807) is 4.68 Å². The quantitative estimate of drug-likeness (QED) is 0.792. The third kappa shape index (κ3) is 4.02. The number of carbonyl (C=O) groups excluding carboxylic acids is 1. The normalized spacial score (nSPS) is 13.4. The molecular formula is C19H26N4O2. The van der Waals surface area contributed by atoms with Crippen molar-refractivity contribution in [3.05, 3.63) is 40.6 Å². The molecular weight excluding hydrogens is 316 g/mol. The molecule has 25 heavy (non-hydrogen) atoms. The number of anilines is 1. The van der Waals surface area contributed by atoms with Crippen molar-refractivity contribution in [1.82, 2.24) is 15.1 Å². The molecule has 1 aliphatic heterocycles. The first-order valence-corrected chi connectivity index (χ1v) is 8.80. The predicted molar refractivity (Wildman–Crippen MR) is 97.9 cm³/mol. The molecule has 0 unspecified atom stereocenters. The highest BCUT2D eigenvalue weighted by atomic mass is 16.5. The van der Waals surface area contributed by atoms with Crippen LogP contribution < -0.4 is 15.4 Å². The zero-order valence-corrected chi connectivity index (χ0v) is 15.2. The Bertz CT molecular complexity index is 747. The Morgan fingerprint density at radius 1 is 1.36 bits per heavy atom. The molecule has 6 nitrogen and oxygen atoms in total. The van der Waals surface area contributed by atoms with Crippen molar-refractivity contribution in [3.63, 3.8) is 0 Å². The van der Waals surface area contributed by atoms with Crippen LogP contribution in [0.15, 0.2) is 18.2 Å². The summed E-state index contributed by atoms with van der Waals surface area (Å²) in [4.78, 5) is 12.3. The molecule has 0 atom stereocenters. The Balaban J connectivity index is 1.50. The minimum Gasteiger partial charge on any atom is -0.493 e. The fourth-order valence-electron chi connectivity index (χ4n) is 3.21. The van der Waals surface area contributed by atoms with Gasteiger partial charge < -0.3 is 15.4 Å². The lowest BCUT2D eigenvalue weighted by atomic mass is 10.1. The Hall–Kier alpha value is -2.34. The molecule has 0 aliphatic carbocycles. The van der Waals surface area contributed by atoms with E-state index in [4.69, 9.17) is 4.74 Å². The van der Waals surface area contributed by atoms with Crippen LogP contribution >= 0.6 is 0 Å². The van der Waals surface area contributed by atoms with Gasteiger partial charge in [-0.15, -0.1) is 0 Å². The molecule has 0 bridgehead atoms. The van der Waals surface area contributed by atoms with Crippen molar-refractivity contribution < 1.29 is 9.53 Å². The number of fused-ring (bicyclic) bond motifs is 1. The highest BCUT2D eigenvalue weighted by Gasteiger charge is 2.20. The number of ether oxygens (including phenoxy) is 1. The van der Waals surface area contributed by atoms with Gasteiger partial charge in [-0.1, -0.05) is 18.2 Å². The van der Waals surface area contributed by atoms with Gasteiger partial charge in [0.15, 0.2) is 0 Å². The third-order valence-electron chi connectivity index (χ3n) is 4.53. The highest BCUT2D eigenvalue weighted by Crippen LogP contribution is 2.23. The van der Waals surface area contributed by atoms with Crippen LogP contribution in [0, 0.1) is 13.8 Å². The minimum absolute atomic E-state index is 0.00137. The van der Waals surface area contributed by atoms with E-state index in [1.807, 2.05) is 39.1 Å². The number of aromatic nitrogens is 2. The maximum absolute atomic E-state index is 12.3. The molecule has 0 saturated heterocycles. The van der Waals surface area contributed by atoms with Crippen molar-refractivity contribution in [1.29, 1.82) is 0 Å². The van der Waals surface area contributed by atoms with Crippen LogP contribution in [0.2, 0.25) is 0 Å². The van der Waals surface area contributed by atoms with Crippen molar-refractivity contribution >= 4 is 11.7 Å². The van der Waals surface area contributed by atoms with Gasteiger partial charge in [0.05, 0.1) is 12.3 Å². The lowest BCUT2D eigenvalue weighted by Crippen LogP contribution is -2.24. The van der Waals surface area contributed by atoms with Crippen LogP contribution in [0.3, 0.4) is 0 Å². The molecule has 6 heteroatoms. The summed E-state index contributed by atoms with van der Waals surface area (Å²) in [6, 6.07) is 6.09. The third-order valence-corrected chi connectivity index (χ3v) is 4.53. The summed E-state index contributed by atoms with van der Waals surface area (Å²) in [6.07, 6.45) is 2.01. The largest absolute Gasteiger partial charge is 0.493 e. The average Bonchev–Trinajstić information content (AvgIpc) is 2.89. The number of amides is 1. The standard InChI is InChI=1S/C19H26N4O2/c1-13-6-4-7-14(2)18(13)25-11-5-8-17(24)21-19-15-12-20-10-9-16(15)22-23(19)3/h4,6-7,20H,5,8-12H2,1-3H3,(H,21,24). The van der Waals surface area contributed by atoms with E-state index >= 15 is 0 Å². The van der Waals surface area contributed by atoms with Gasteiger partial charge >= 0.3 is 0 Å². The zero-order chi connectivity index (χ0) is 17.8. The van der Waals surface area contributed by atoms with Gasteiger partial charge in [0, 0.05) is 38.5 Å². The van der Waals surface area contributed by atoms with Gasteiger partial charge in [-0.2, -0.15) is 5.10 Å². The summed E-state index contributed by atoms with van der Waals surface area (Å²) in [5.41, 5.74) is 4.43. The second-order valence-electron chi connectivity index (χ2n) is 6.55. The van der Waals surface area contributed by atoms with E-state index in [0.717, 1.165) is 53.5 Å². The average molecular weight is 342 g/mol. The molecule has 1 aromatic carbocycles. The van der Waals surface area contributed by atoms with E-state index in [1.165, 1.54) is 0 Å². The number of aryl methyl sites for hydroxylation is 3. The molecule has 0 saturated carbocycles. The number of hydrogen-bond donors (Lipinski definition) is 2. The second kappa shape index (κ2) is 7.70. The van der Waals surface area contributed by atoms with Gasteiger partial charge in [-0.05, 0) is 31.4 Å². The van der Waals surface area contributed by atoms with Crippen LogP contribution in [0.1, 0.15) is 35.2 Å². The molecule has 2 aromatic rings. The molecule has 2 heterocycles. The fraction of sp³-hybridized carbons (Fsp3) is 0.474. The van der Waals surface area contributed by atoms with Gasteiger partial charge in [0.2, 0.25) is 5.91 Å². The van der Waals surface area contributed by atoms with Crippen molar-refractivity contribution in [2.45, 2.75) is 39.7 Å². The monoisotopic (exact) mass is 342 g/mol. The summed E-state index contributed by atoms with van der Waals surface area (Å²) in [6.45, 7) is 6.30. The number of rotatable bonds is 6. The van der Waals surface area contributed by atoms with Gasteiger partial charge in [0.25, 0.3) is 0 Å². The van der Waals surface area contributed by atoms with Crippen molar-refractivity contribution in [2.75, 3.05) is 18.5 Å². The Kier molecular flexibility index (Phi) is 5.38. The number of hydrogen-bond acceptors (Lipinski definition) is 4. The van der Waals surface area contributed by atoms with E-state index in [-0.39, 0.29) is 5.91 Å². The van der Waals surface area contributed by atoms with Gasteiger partial charge in [0.1, 0.15) is 11.6 Å². The predicted octanol–water partition coefficient (Wildman–Crippen LogP) is 2.48. The summed E-state index contributed by atoms with van der Waals surface area (Å²) < 4.78 is 7.63. The number of nitrogens with zero attached hydrogens (tertiary/aromatic N) is 2. The van der Waals surface area contributed by atoms with Crippen LogP contribution in [0.5, 0.6) is 5.75 Å². The SMILES string of the molecule is Cc1cccc(C)c1OCCCC(=O)Nc1c2c(nn1C)CCNC2. The molecule has 1 aliphatic rings.